The fourth-order valence-corrected chi connectivity index (χ4v) is 2.00. The number of pyridine rings is 1. The Morgan fingerprint density at radius 3 is 2.26 bits per heavy atom. The van der Waals surface area contributed by atoms with E-state index >= 15 is 0 Å². The van der Waals surface area contributed by atoms with Crippen molar-refractivity contribution in [2.75, 3.05) is 0 Å². The molecule has 1 unspecified atom stereocenters. The third-order valence-corrected chi connectivity index (χ3v) is 3.85. The maximum Gasteiger partial charge on any atom is 0.496 e. The zero-order chi connectivity index (χ0) is 14.4. The molecule has 0 aromatic carbocycles. The molecule has 1 aliphatic rings. The molecule has 1 atom stereocenters. The van der Waals surface area contributed by atoms with Crippen LogP contribution in [0.5, 0.6) is 0 Å². The van der Waals surface area contributed by atoms with E-state index in [0.29, 0.717) is 11.2 Å². The van der Waals surface area contributed by atoms with Gasteiger partial charge in [0.25, 0.3) is 0 Å². The highest BCUT2D eigenvalue weighted by atomic mass is 19.1. The number of hydrogen-bond donors (Lipinski definition) is 1. The van der Waals surface area contributed by atoms with Crippen molar-refractivity contribution in [3.63, 3.8) is 0 Å². The molecule has 0 amide bonds. The van der Waals surface area contributed by atoms with Crippen LogP contribution in [0.4, 0.5) is 4.39 Å². The number of nitrogens with two attached hydrogens (primary N) is 1. The molecule has 4 nitrogen and oxygen atoms in total. The van der Waals surface area contributed by atoms with Crippen LogP contribution in [0, 0.1) is 5.82 Å². The van der Waals surface area contributed by atoms with Crippen molar-refractivity contribution < 1.29 is 13.7 Å². The molecule has 1 aromatic rings. The smallest absolute Gasteiger partial charge is 0.399 e. The molecular weight excluding hydrogens is 246 g/mol. The molecule has 0 aliphatic carbocycles. The molecule has 1 fully saturated rings. The second kappa shape index (κ2) is 4.54. The summed E-state index contributed by atoms with van der Waals surface area (Å²) in [6, 6.07) is 1.07. The van der Waals surface area contributed by atoms with Gasteiger partial charge in [0.05, 0.1) is 23.1 Å². The van der Waals surface area contributed by atoms with Crippen LogP contribution in [0.2, 0.25) is 0 Å². The maximum absolute atomic E-state index is 13.4. The lowest BCUT2D eigenvalue weighted by molar-refractivity contribution is 0.00578. The topological polar surface area (TPSA) is 57.4 Å². The predicted molar refractivity (Wildman–Crippen MR) is 72.5 cm³/mol. The van der Waals surface area contributed by atoms with E-state index in [1.54, 1.807) is 6.92 Å². The first-order valence-corrected chi connectivity index (χ1v) is 6.40. The Kier molecular flexibility index (Phi) is 3.45. The predicted octanol–water partition coefficient (Wildman–Crippen LogP) is 1.54. The first-order valence-electron chi connectivity index (χ1n) is 6.40. The van der Waals surface area contributed by atoms with Gasteiger partial charge in [-0.25, -0.2) is 4.39 Å². The summed E-state index contributed by atoms with van der Waals surface area (Å²) in [7, 11) is -0.644. The molecule has 0 saturated carbocycles. The van der Waals surface area contributed by atoms with Crippen LogP contribution in [-0.4, -0.2) is 23.3 Å². The van der Waals surface area contributed by atoms with E-state index < -0.39 is 24.1 Å². The van der Waals surface area contributed by atoms with Gasteiger partial charge in [-0.05, 0) is 40.7 Å². The highest BCUT2D eigenvalue weighted by Crippen LogP contribution is 2.36. The van der Waals surface area contributed by atoms with Crippen LogP contribution in [0.15, 0.2) is 12.3 Å². The fourth-order valence-electron chi connectivity index (χ4n) is 2.00. The van der Waals surface area contributed by atoms with Crippen molar-refractivity contribution in [3.05, 3.63) is 23.8 Å². The average molecular weight is 266 g/mol. The van der Waals surface area contributed by atoms with Crippen LogP contribution < -0.4 is 11.2 Å². The van der Waals surface area contributed by atoms with Crippen molar-refractivity contribution in [3.8, 4) is 0 Å². The van der Waals surface area contributed by atoms with Gasteiger partial charge in [-0.3, -0.25) is 4.98 Å². The van der Waals surface area contributed by atoms with Crippen LogP contribution in [-0.2, 0) is 9.31 Å². The first kappa shape index (κ1) is 14.4. The summed E-state index contributed by atoms with van der Waals surface area (Å²) in [5, 5.41) is 0. The van der Waals surface area contributed by atoms with Gasteiger partial charge in [0.2, 0.25) is 0 Å². The lowest BCUT2D eigenvalue weighted by Gasteiger charge is -2.32. The van der Waals surface area contributed by atoms with E-state index in [-0.39, 0.29) is 6.04 Å². The van der Waals surface area contributed by atoms with Crippen LogP contribution >= 0.6 is 0 Å². The van der Waals surface area contributed by atoms with Gasteiger partial charge < -0.3 is 15.0 Å². The third kappa shape index (κ3) is 2.52. The van der Waals surface area contributed by atoms with Gasteiger partial charge >= 0.3 is 7.12 Å². The normalized spacial score (nSPS) is 22.6. The molecule has 0 spiro atoms. The van der Waals surface area contributed by atoms with Crippen molar-refractivity contribution in [2.24, 2.45) is 5.73 Å². The largest absolute Gasteiger partial charge is 0.496 e. The lowest BCUT2D eigenvalue weighted by atomic mass is 9.76. The summed E-state index contributed by atoms with van der Waals surface area (Å²) in [5.41, 5.74) is 6.09. The second-order valence-electron chi connectivity index (χ2n) is 6.00. The lowest BCUT2D eigenvalue weighted by Crippen LogP contribution is -2.41. The van der Waals surface area contributed by atoms with Crippen LogP contribution in [0.25, 0.3) is 0 Å². The number of aromatic nitrogens is 1. The molecule has 0 radical (unpaired) electrons. The Labute approximate surface area is 113 Å². The number of halogens is 1. The first-order chi connectivity index (χ1) is 8.64. The van der Waals surface area contributed by atoms with Crippen LogP contribution in [0.1, 0.15) is 46.4 Å². The Morgan fingerprint density at radius 2 is 1.79 bits per heavy atom. The SMILES string of the molecule is CC(N)c1ncc(F)cc1B1OC(C)(C)C(C)(C)O1. The molecule has 0 bridgehead atoms. The summed E-state index contributed by atoms with van der Waals surface area (Å²) < 4.78 is 25.3. The van der Waals surface area contributed by atoms with E-state index in [1.807, 2.05) is 27.7 Å². The van der Waals surface area contributed by atoms with Crippen molar-refractivity contribution >= 4 is 12.6 Å². The molecule has 2 rings (SSSR count). The monoisotopic (exact) mass is 266 g/mol. The summed E-state index contributed by atoms with van der Waals surface area (Å²) in [6.45, 7) is 9.60. The summed E-state index contributed by atoms with van der Waals surface area (Å²) >= 11 is 0. The molecule has 19 heavy (non-hydrogen) atoms. The summed E-state index contributed by atoms with van der Waals surface area (Å²) in [5.74, 6) is -0.422. The van der Waals surface area contributed by atoms with Gasteiger partial charge in [-0.1, -0.05) is 0 Å². The maximum atomic E-state index is 13.4. The fraction of sp³-hybridized carbons (Fsp3) is 0.615. The third-order valence-electron chi connectivity index (χ3n) is 3.85. The molecule has 6 heteroatoms. The number of nitrogens with zero attached hydrogens (tertiary/aromatic N) is 1. The molecule has 1 saturated heterocycles. The molecular formula is C13H20BFN2O2. The Balaban J connectivity index is 2.41. The van der Waals surface area contributed by atoms with Gasteiger partial charge in [-0.15, -0.1) is 0 Å². The minimum absolute atomic E-state index is 0.311. The summed E-state index contributed by atoms with van der Waals surface area (Å²) in [4.78, 5) is 4.06. The highest BCUT2D eigenvalue weighted by molar-refractivity contribution is 6.62. The Hall–Kier alpha value is -0.975. The molecule has 1 aromatic heterocycles. The molecule has 2 heterocycles. The Morgan fingerprint density at radius 1 is 1.26 bits per heavy atom. The van der Waals surface area contributed by atoms with E-state index in [2.05, 4.69) is 4.98 Å². The van der Waals surface area contributed by atoms with Crippen molar-refractivity contribution in [1.82, 2.24) is 4.98 Å². The minimum Gasteiger partial charge on any atom is -0.399 e. The van der Waals surface area contributed by atoms with E-state index in [9.17, 15) is 4.39 Å². The summed E-state index contributed by atoms with van der Waals surface area (Å²) in [6.07, 6.45) is 1.16. The Bertz CT molecular complexity index is 476. The zero-order valence-corrected chi connectivity index (χ0v) is 12.0. The van der Waals surface area contributed by atoms with Crippen LogP contribution in [0.3, 0.4) is 0 Å². The standard InChI is InChI=1S/C13H20BFN2O2/c1-8(16)11-10(6-9(15)7-17-11)14-18-12(2,3)13(4,5)19-14/h6-8H,16H2,1-5H3. The molecule has 1 aliphatic heterocycles. The van der Waals surface area contributed by atoms with Gasteiger partial charge in [0.1, 0.15) is 5.82 Å². The van der Waals surface area contributed by atoms with Gasteiger partial charge in [-0.2, -0.15) is 0 Å². The molecule has 2 N–H and O–H groups in total. The quantitative estimate of drug-likeness (QED) is 0.825. The minimum atomic E-state index is -0.644. The highest BCUT2D eigenvalue weighted by Gasteiger charge is 2.52. The average Bonchev–Trinajstić information content (AvgIpc) is 2.47. The number of rotatable bonds is 2. The van der Waals surface area contributed by atoms with Gasteiger partial charge in [0.15, 0.2) is 0 Å². The van der Waals surface area contributed by atoms with E-state index in [0.717, 1.165) is 6.20 Å². The van der Waals surface area contributed by atoms with E-state index in [1.165, 1.54) is 6.07 Å². The van der Waals surface area contributed by atoms with Crippen molar-refractivity contribution in [2.45, 2.75) is 51.9 Å². The molecule has 104 valence electrons. The zero-order valence-electron chi connectivity index (χ0n) is 12.0. The number of hydrogen-bond acceptors (Lipinski definition) is 4. The second-order valence-corrected chi connectivity index (χ2v) is 6.00. The van der Waals surface area contributed by atoms with E-state index in [4.69, 9.17) is 15.0 Å². The van der Waals surface area contributed by atoms with Gasteiger partial charge in [0, 0.05) is 11.5 Å². The van der Waals surface area contributed by atoms with Crippen molar-refractivity contribution in [1.29, 1.82) is 0 Å².